The Morgan fingerprint density at radius 1 is 1.32 bits per heavy atom. The minimum atomic E-state index is -4.44. The van der Waals surface area contributed by atoms with Crippen LogP contribution >= 0.6 is 11.6 Å². The van der Waals surface area contributed by atoms with Crippen LogP contribution in [0.3, 0.4) is 0 Å². The number of rotatable bonds is 3. The summed E-state index contributed by atoms with van der Waals surface area (Å²) >= 11 is 5.65. The second kappa shape index (κ2) is 5.08. The average Bonchev–Trinajstić information content (AvgIpc) is 2.71. The lowest BCUT2D eigenvalue weighted by Crippen LogP contribution is -2.07. The van der Waals surface area contributed by atoms with Crippen LogP contribution in [0.15, 0.2) is 22.7 Å². The summed E-state index contributed by atoms with van der Waals surface area (Å²) in [4.78, 5) is 3.92. The smallest absolute Gasteiger partial charge is 0.378 e. The van der Waals surface area contributed by atoms with E-state index >= 15 is 0 Å². The molecule has 1 heterocycles. The monoisotopic (exact) mass is 291 g/mol. The van der Waals surface area contributed by atoms with Gasteiger partial charge in [0.1, 0.15) is 0 Å². The van der Waals surface area contributed by atoms with Gasteiger partial charge in [0.25, 0.3) is 0 Å². The van der Waals surface area contributed by atoms with Crippen LogP contribution in [0.5, 0.6) is 0 Å². The Kier molecular flexibility index (Phi) is 3.66. The van der Waals surface area contributed by atoms with E-state index in [1.807, 2.05) is 0 Å². The highest BCUT2D eigenvalue weighted by Gasteiger charge is 2.31. The lowest BCUT2D eigenvalue weighted by atomic mass is 10.2. The molecular formula is C11H9ClF3N3O. The molecule has 0 saturated heterocycles. The van der Waals surface area contributed by atoms with E-state index < -0.39 is 11.7 Å². The molecular weight excluding hydrogens is 283 g/mol. The van der Waals surface area contributed by atoms with Crippen LogP contribution in [-0.2, 0) is 12.7 Å². The van der Waals surface area contributed by atoms with Crippen molar-refractivity contribution in [3.8, 4) is 0 Å². The predicted octanol–water partition coefficient (Wildman–Crippen LogP) is 3.66. The van der Waals surface area contributed by atoms with Crippen LogP contribution in [0.1, 0.15) is 17.3 Å². The molecule has 1 N–H and O–H groups in total. The molecule has 0 aliphatic rings. The molecule has 8 heteroatoms. The van der Waals surface area contributed by atoms with Crippen molar-refractivity contribution in [1.82, 2.24) is 10.1 Å². The Morgan fingerprint density at radius 3 is 2.63 bits per heavy atom. The second-order valence-electron chi connectivity index (χ2n) is 3.81. The van der Waals surface area contributed by atoms with Gasteiger partial charge in [0, 0.05) is 17.6 Å². The van der Waals surface area contributed by atoms with E-state index in [1.54, 1.807) is 6.92 Å². The lowest BCUT2D eigenvalue weighted by Gasteiger charge is -2.10. The van der Waals surface area contributed by atoms with E-state index in [9.17, 15) is 13.2 Å². The molecule has 0 saturated carbocycles. The molecule has 1 aromatic carbocycles. The van der Waals surface area contributed by atoms with Crippen LogP contribution in [0.2, 0.25) is 5.02 Å². The van der Waals surface area contributed by atoms with Gasteiger partial charge in [0.05, 0.1) is 12.1 Å². The van der Waals surface area contributed by atoms with E-state index in [0.29, 0.717) is 11.7 Å². The fraction of sp³-hybridized carbons (Fsp3) is 0.273. The number of nitrogens with zero attached hydrogens (tertiary/aromatic N) is 2. The van der Waals surface area contributed by atoms with Crippen LogP contribution in [0, 0.1) is 6.92 Å². The maximum Gasteiger partial charge on any atom is 0.416 e. The molecule has 1 aromatic heterocycles. The molecule has 19 heavy (non-hydrogen) atoms. The molecule has 0 fully saturated rings. The van der Waals surface area contributed by atoms with Crippen molar-refractivity contribution < 1.29 is 17.7 Å². The van der Waals surface area contributed by atoms with Crippen molar-refractivity contribution in [1.29, 1.82) is 0 Å². The normalized spacial score (nSPS) is 11.6. The SMILES string of the molecule is Cc1nc(CNc2cc(Cl)cc(C(F)(F)F)c2)no1. The molecule has 0 radical (unpaired) electrons. The quantitative estimate of drug-likeness (QED) is 0.937. The fourth-order valence-electron chi connectivity index (χ4n) is 1.45. The van der Waals surface area contributed by atoms with Gasteiger partial charge in [-0.2, -0.15) is 18.2 Å². The van der Waals surface area contributed by atoms with Crippen molar-refractivity contribution in [3.05, 3.63) is 40.5 Å². The molecule has 102 valence electrons. The molecule has 0 aliphatic carbocycles. The van der Waals surface area contributed by atoms with Gasteiger partial charge in [-0.3, -0.25) is 0 Å². The molecule has 0 unspecified atom stereocenters. The standard InChI is InChI=1S/C11H9ClF3N3O/c1-6-17-10(18-19-6)5-16-9-3-7(11(13,14)15)2-8(12)4-9/h2-4,16H,5H2,1H3. The van der Waals surface area contributed by atoms with E-state index in [1.165, 1.54) is 6.07 Å². The van der Waals surface area contributed by atoms with E-state index in [0.717, 1.165) is 12.1 Å². The number of aromatic nitrogens is 2. The zero-order valence-electron chi connectivity index (χ0n) is 9.75. The number of aryl methyl sites for hydroxylation is 1. The highest BCUT2D eigenvalue weighted by molar-refractivity contribution is 6.30. The van der Waals surface area contributed by atoms with Crippen LogP contribution in [0.4, 0.5) is 18.9 Å². The Morgan fingerprint density at radius 2 is 2.05 bits per heavy atom. The maximum atomic E-state index is 12.6. The molecule has 0 aliphatic heterocycles. The first-order valence-electron chi connectivity index (χ1n) is 5.25. The van der Waals surface area contributed by atoms with Gasteiger partial charge in [0.2, 0.25) is 5.89 Å². The minimum absolute atomic E-state index is 0.00150. The van der Waals surface area contributed by atoms with Gasteiger partial charge in [-0.05, 0) is 18.2 Å². The summed E-state index contributed by atoms with van der Waals surface area (Å²) in [6, 6.07) is 3.23. The molecule has 2 rings (SSSR count). The van der Waals surface area contributed by atoms with Gasteiger partial charge in [-0.15, -0.1) is 0 Å². The Labute approximate surface area is 111 Å². The molecule has 0 amide bonds. The van der Waals surface area contributed by atoms with Crippen molar-refractivity contribution in [2.75, 3.05) is 5.32 Å². The number of hydrogen-bond donors (Lipinski definition) is 1. The average molecular weight is 292 g/mol. The first-order valence-corrected chi connectivity index (χ1v) is 5.63. The third kappa shape index (κ3) is 3.60. The number of benzene rings is 1. The summed E-state index contributed by atoms with van der Waals surface area (Å²) in [5, 5.41) is 6.38. The van der Waals surface area contributed by atoms with Crippen molar-refractivity contribution in [2.45, 2.75) is 19.6 Å². The Balaban J connectivity index is 2.14. The van der Waals surface area contributed by atoms with Crippen LogP contribution < -0.4 is 5.32 Å². The van der Waals surface area contributed by atoms with Crippen molar-refractivity contribution in [3.63, 3.8) is 0 Å². The third-order valence-corrected chi connectivity index (χ3v) is 2.46. The molecule has 2 aromatic rings. The summed E-state index contributed by atoms with van der Waals surface area (Å²) in [7, 11) is 0. The van der Waals surface area contributed by atoms with E-state index in [4.69, 9.17) is 16.1 Å². The summed E-state index contributed by atoms with van der Waals surface area (Å²) in [5.74, 6) is 0.741. The minimum Gasteiger partial charge on any atom is -0.378 e. The molecule has 0 spiro atoms. The third-order valence-electron chi connectivity index (χ3n) is 2.25. The van der Waals surface area contributed by atoms with Gasteiger partial charge in [-0.1, -0.05) is 16.8 Å². The van der Waals surface area contributed by atoms with Gasteiger partial charge >= 0.3 is 6.18 Å². The number of nitrogens with one attached hydrogen (secondary N) is 1. The number of hydrogen-bond acceptors (Lipinski definition) is 4. The zero-order chi connectivity index (χ0) is 14.0. The maximum absolute atomic E-state index is 12.6. The van der Waals surface area contributed by atoms with Gasteiger partial charge < -0.3 is 9.84 Å². The first-order chi connectivity index (χ1) is 8.84. The predicted molar refractivity (Wildman–Crippen MR) is 62.8 cm³/mol. The molecule has 0 bridgehead atoms. The topological polar surface area (TPSA) is 51.0 Å². The highest BCUT2D eigenvalue weighted by Crippen LogP contribution is 2.33. The van der Waals surface area contributed by atoms with Gasteiger partial charge in [0.15, 0.2) is 5.82 Å². The largest absolute Gasteiger partial charge is 0.416 e. The van der Waals surface area contributed by atoms with Gasteiger partial charge in [-0.25, -0.2) is 0 Å². The van der Waals surface area contributed by atoms with Crippen molar-refractivity contribution >= 4 is 17.3 Å². The van der Waals surface area contributed by atoms with E-state index in [-0.39, 0.29) is 17.3 Å². The zero-order valence-corrected chi connectivity index (χ0v) is 10.5. The Hall–Kier alpha value is -1.76. The Bertz CT molecular complexity index is 583. The number of anilines is 1. The lowest BCUT2D eigenvalue weighted by molar-refractivity contribution is -0.137. The molecule has 4 nitrogen and oxygen atoms in total. The first kappa shape index (κ1) is 13.7. The van der Waals surface area contributed by atoms with Crippen molar-refractivity contribution in [2.24, 2.45) is 0 Å². The fourth-order valence-corrected chi connectivity index (χ4v) is 1.68. The summed E-state index contributed by atoms with van der Waals surface area (Å²) < 4.78 is 42.5. The number of alkyl halides is 3. The summed E-state index contributed by atoms with van der Waals surface area (Å²) in [6.45, 7) is 1.77. The molecule has 0 atom stereocenters. The van der Waals surface area contributed by atoms with Crippen LogP contribution in [0.25, 0.3) is 0 Å². The van der Waals surface area contributed by atoms with E-state index in [2.05, 4.69) is 15.5 Å². The highest BCUT2D eigenvalue weighted by atomic mass is 35.5. The summed E-state index contributed by atoms with van der Waals surface area (Å²) in [5.41, 5.74) is -0.575. The summed E-state index contributed by atoms with van der Waals surface area (Å²) in [6.07, 6.45) is -4.44. The van der Waals surface area contributed by atoms with Crippen LogP contribution in [-0.4, -0.2) is 10.1 Å². The number of halogens is 4. The second-order valence-corrected chi connectivity index (χ2v) is 4.25.